The molecule has 0 aliphatic rings. The smallest absolute Gasteiger partial charge is 0.128 e. The number of hydrogen-bond acceptors (Lipinski definition) is 3. The molecular weight excluding hydrogens is 621 g/mol. The number of pyridine rings is 2. The van der Waals surface area contributed by atoms with E-state index in [1.165, 1.54) is 5.56 Å². The molecule has 3 aromatic heterocycles. The average molecular weight is 645 g/mol. The van der Waals surface area contributed by atoms with Crippen molar-refractivity contribution in [3.05, 3.63) is 133 Å². The van der Waals surface area contributed by atoms with Crippen molar-refractivity contribution < 1.29 is 24.5 Å². The summed E-state index contributed by atoms with van der Waals surface area (Å²) in [5, 5.41) is 1.03. The van der Waals surface area contributed by atoms with Gasteiger partial charge in [0.25, 0.3) is 0 Å². The Bertz CT molecular complexity index is 1540. The number of benzene rings is 3. The summed E-state index contributed by atoms with van der Waals surface area (Å²) in [6.45, 7) is 3.94. The molecular formula is C32H24IrN2O-2. The van der Waals surface area contributed by atoms with Crippen LogP contribution in [0.4, 0.5) is 0 Å². The Hall–Kier alpha value is -3.85. The third-order valence-corrected chi connectivity index (χ3v) is 5.62. The van der Waals surface area contributed by atoms with Gasteiger partial charge in [0, 0.05) is 37.4 Å². The summed E-state index contributed by atoms with van der Waals surface area (Å²) in [7, 11) is 0. The first-order valence-electron chi connectivity index (χ1n) is 11.5. The van der Waals surface area contributed by atoms with Crippen LogP contribution in [0.2, 0.25) is 0 Å². The van der Waals surface area contributed by atoms with Gasteiger partial charge in [-0.2, -0.15) is 0 Å². The molecule has 4 heteroatoms. The topological polar surface area (TPSA) is 38.9 Å². The summed E-state index contributed by atoms with van der Waals surface area (Å²) in [6, 6.07) is 40.8. The predicted octanol–water partition coefficient (Wildman–Crippen LogP) is 8.13. The first-order valence-corrected chi connectivity index (χ1v) is 11.5. The predicted molar refractivity (Wildman–Crippen MR) is 142 cm³/mol. The van der Waals surface area contributed by atoms with Crippen molar-refractivity contribution in [1.29, 1.82) is 0 Å². The molecule has 0 saturated heterocycles. The van der Waals surface area contributed by atoms with Crippen molar-refractivity contribution in [1.82, 2.24) is 9.97 Å². The van der Waals surface area contributed by atoms with Gasteiger partial charge in [-0.15, -0.1) is 65.7 Å². The summed E-state index contributed by atoms with van der Waals surface area (Å²) < 4.78 is 5.67. The van der Waals surface area contributed by atoms with E-state index in [0.717, 1.165) is 50.5 Å². The zero-order valence-corrected chi connectivity index (χ0v) is 22.4. The van der Waals surface area contributed by atoms with E-state index >= 15 is 0 Å². The zero-order chi connectivity index (χ0) is 24.0. The van der Waals surface area contributed by atoms with Crippen molar-refractivity contribution in [3.8, 4) is 33.6 Å². The van der Waals surface area contributed by atoms with E-state index in [9.17, 15) is 0 Å². The fraction of sp³-hybridized carbons (Fsp3) is 0.0625. The number of furan rings is 1. The molecule has 0 unspecified atom stereocenters. The van der Waals surface area contributed by atoms with Gasteiger partial charge in [0.15, 0.2) is 0 Å². The number of hydrogen-bond donors (Lipinski definition) is 0. The van der Waals surface area contributed by atoms with Gasteiger partial charge in [-0.3, -0.25) is 0 Å². The minimum atomic E-state index is 0. The summed E-state index contributed by atoms with van der Waals surface area (Å²) in [5.41, 5.74) is 8.17. The first kappa shape index (κ1) is 25.2. The molecule has 179 valence electrons. The van der Waals surface area contributed by atoms with E-state index < -0.39 is 0 Å². The second kappa shape index (κ2) is 11.7. The van der Waals surface area contributed by atoms with E-state index in [1.807, 2.05) is 92.7 Å². The van der Waals surface area contributed by atoms with E-state index in [2.05, 4.69) is 46.4 Å². The number of nitrogens with zero attached hydrogens (tertiary/aromatic N) is 2. The molecule has 36 heavy (non-hydrogen) atoms. The van der Waals surface area contributed by atoms with Crippen molar-refractivity contribution in [2.75, 3.05) is 0 Å². The minimum absolute atomic E-state index is 0. The molecule has 3 nitrogen and oxygen atoms in total. The molecule has 1 radical (unpaired) electrons. The molecule has 0 N–H and O–H groups in total. The Labute approximate surface area is 225 Å². The van der Waals surface area contributed by atoms with Crippen LogP contribution in [-0.2, 0) is 20.1 Å². The van der Waals surface area contributed by atoms with Crippen LogP contribution in [0.5, 0.6) is 0 Å². The van der Waals surface area contributed by atoms with Crippen molar-refractivity contribution in [2.45, 2.75) is 13.8 Å². The molecule has 0 bridgehead atoms. The molecule has 6 aromatic rings. The van der Waals surface area contributed by atoms with Crippen LogP contribution in [0.25, 0.3) is 44.6 Å². The summed E-state index contributed by atoms with van der Waals surface area (Å²) in [4.78, 5) is 8.91. The van der Waals surface area contributed by atoms with Gasteiger partial charge in [-0.05, 0) is 43.4 Å². The molecule has 0 fully saturated rings. The molecule has 0 atom stereocenters. The third-order valence-electron chi connectivity index (χ3n) is 5.62. The number of aromatic nitrogens is 2. The second-order valence-electron chi connectivity index (χ2n) is 8.23. The van der Waals surface area contributed by atoms with Gasteiger partial charge in [-0.1, -0.05) is 53.6 Å². The van der Waals surface area contributed by atoms with Gasteiger partial charge >= 0.3 is 0 Å². The zero-order valence-electron chi connectivity index (χ0n) is 20.0. The molecule has 0 spiro atoms. The van der Waals surface area contributed by atoms with Gasteiger partial charge in [0.05, 0.1) is 0 Å². The van der Waals surface area contributed by atoms with Crippen LogP contribution >= 0.6 is 0 Å². The largest absolute Gasteiger partial charge is 0.462 e. The number of aryl methyl sites for hydroxylation is 2. The maximum absolute atomic E-state index is 5.67. The van der Waals surface area contributed by atoms with Crippen LogP contribution < -0.4 is 0 Å². The Morgan fingerprint density at radius 2 is 1.56 bits per heavy atom. The average Bonchev–Trinajstić information content (AvgIpc) is 3.30. The molecule has 3 aromatic carbocycles. The van der Waals surface area contributed by atoms with Crippen molar-refractivity contribution >= 4 is 11.0 Å². The monoisotopic (exact) mass is 645 g/mol. The standard InChI is InChI=1S/C20H14NO.C12H10N.Ir/c1-14-13-18-19(22-14)11-12-21-20(18)17-9-7-16(8-10-17)15-5-3-2-4-6-15;1-10-6-5-9-12(13-10)11-7-3-2-4-8-11;/h2-9,11-13H,1H3;2-7,9H,1H3;/q2*-1;. The first-order chi connectivity index (χ1) is 17.2. The van der Waals surface area contributed by atoms with E-state index in [0.29, 0.717) is 0 Å². The summed E-state index contributed by atoms with van der Waals surface area (Å²) in [5.74, 6) is 0.894. The van der Waals surface area contributed by atoms with Crippen LogP contribution in [0, 0.1) is 26.0 Å². The molecule has 0 amide bonds. The van der Waals surface area contributed by atoms with Crippen LogP contribution in [0.15, 0.2) is 114 Å². The normalized spacial score (nSPS) is 10.3. The van der Waals surface area contributed by atoms with E-state index in [1.54, 1.807) is 6.20 Å². The molecule has 0 aliphatic heterocycles. The van der Waals surface area contributed by atoms with Gasteiger partial charge in [0.1, 0.15) is 11.3 Å². The van der Waals surface area contributed by atoms with Crippen molar-refractivity contribution in [2.24, 2.45) is 0 Å². The van der Waals surface area contributed by atoms with Gasteiger partial charge < -0.3 is 14.4 Å². The van der Waals surface area contributed by atoms with Gasteiger partial charge in [0.2, 0.25) is 0 Å². The van der Waals surface area contributed by atoms with Crippen LogP contribution in [0.3, 0.4) is 0 Å². The fourth-order valence-electron chi connectivity index (χ4n) is 3.93. The van der Waals surface area contributed by atoms with Crippen molar-refractivity contribution in [3.63, 3.8) is 0 Å². The summed E-state index contributed by atoms with van der Waals surface area (Å²) in [6.07, 6.45) is 1.78. The maximum Gasteiger partial charge on any atom is 0.128 e. The molecule has 3 heterocycles. The Kier molecular flexibility index (Phi) is 8.22. The summed E-state index contributed by atoms with van der Waals surface area (Å²) >= 11 is 0. The van der Waals surface area contributed by atoms with E-state index in [4.69, 9.17) is 4.42 Å². The fourth-order valence-corrected chi connectivity index (χ4v) is 3.93. The second-order valence-corrected chi connectivity index (χ2v) is 8.23. The van der Waals surface area contributed by atoms with Crippen LogP contribution in [0.1, 0.15) is 11.5 Å². The Morgan fingerprint density at radius 1 is 0.722 bits per heavy atom. The Morgan fingerprint density at radius 3 is 2.28 bits per heavy atom. The van der Waals surface area contributed by atoms with Gasteiger partial charge in [-0.25, -0.2) is 0 Å². The number of rotatable bonds is 3. The molecule has 0 saturated carbocycles. The number of fused-ring (bicyclic) bond motifs is 1. The SMILES string of the molecule is Cc1cc2c(-c3[c-]cc(-c4ccccc4)cc3)nccc2o1.Cc1cccc(-c2[c-]cccc2)n1.[Ir]. The minimum Gasteiger partial charge on any atom is -0.462 e. The quantitative estimate of drug-likeness (QED) is 0.183. The Balaban J connectivity index is 0.000000187. The molecule has 6 rings (SSSR count). The van der Waals surface area contributed by atoms with Crippen LogP contribution in [-0.4, -0.2) is 9.97 Å². The maximum atomic E-state index is 5.67. The van der Waals surface area contributed by atoms with E-state index in [-0.39, 0.29) is 20.1 Å². The third kappa shape index (κ3) is 5.85. The molecule has 0 aliphatic carbocycles.